The van der Waals surface area contributed by atoms with Gasteiger partial charge in [0.25, 0.3) is 0 Å². The second-order valence-corrected chi connectivity index (χ2v) is 3.43. The average molecular weight is 226 g/mol. The Morgan fingerprint density at radius 3 is 2.21 bits per heavy atom. The van der Waals surface area contributed by atoms with Crippen molar-refractivity contribution < 1.29 is 0 Å². The van der Waals surface area contributed by atoms with Crippen LogP contribution in [0.1, 0.15) is 0 Å². The van der Waals surface area contributed by atoms with Crippen LogP contribution in [-0.4, -0.2) is 15.2 Å². The number of hydrogen-bond donors (Lipinski definition) is 0. The Hall–Kier alpha value is -1.19. The first-order chi connectivity index (χ1) is 6.75. The van der Waals surface area contributed by atoms with Gasteiger partial charge in [0.1, 0.15) is 5.69 Å². The zero-order chi connectivity index (χ0) is 9.97. The normalized spacial score (nSPS) is 10.1. The van der Waals surface area contributed by atoms with Crippen molar-refractivity contribution in [3.8, 4) is 11.4 Å². The lowest BCUT2D eigenvalue weighted by Crippen LogP contribution is -1.89. The van der Waals surface area contributed by atoms with Crippen LogP contribution in [0.25, 0.3) is 11.4 Å². The molecule has 0 saturated heterocycles. The van der Waals surface area contributed by atoms with Crippen molar-refractivity contribution in [3.05, 3.63) is 40.6 Å². The second kappa shape index (κ2) is 3.90. The van der Waals surface area contributed by atoms with Gasteiger partial charge >= 0.3 is 0 Å². The van der Waals surface area contributed by atoms with Crippen LogP contribution in [0.15, 0.2) is 30.5 Å². The van der Waals surface area contributed by atoms with E-state index in [2.05, 4.69) is 15.2 Å². The summed E-state index contributed by atoms with van der Waals surface area (Å²) in [7, 11) is 0. The molecule has 5 heteroatoms. The number of aromatic nitrogens is 3. The average Bonchev–Trinajstić information content (AvgIpc) is 2.21. The molecule has 0 aromatic carbocycles. The van der Waals surface area contributed by atoms with Crippen LogP contribution < -0.4 is 0 Å². The fraction of sp³-hybridized carbons (Fsp3) is 0. The third-order valence-electron chi connectivity index (χ3n) is 1.62. The highest BCUT2D eigenvalue weighted by atomic mass is 35.5. The largest absolute Gasteiger partial charge is 0.253 e. The molecule has 0 unspecified atom stereocenters. The van der Waals surface area contributed by atoms with Crippen molar-refractivity contribution in [3.63, 3.8) is 0 Å². The minimum atomic E-state index is 0.364. The van der Waals surface area contributed by atoms with E-state index in [-0.39, 0.29) is 0 Å². The lowest BCUT2D eigenvalue weighted by Gasteiger charge is -1.98. The Balaban J connectivity index is 2.40. The SMILES string of the molecule is Clc1ccc(-c2ccc(Cl)nn2)nc1. The van der Waals surface area contributed by atoms with Crippen molar-refractivity contribution in [2.75, 3.05) is 0 Å². The molecule has 2 rings (SSSR count). The van der Waals surface area contributed by atoms with Gasteiger partial charge < -0.3 is 0 Å². The van der Waals surface area contributed by atoms with Gasteiger partial charge in [-0.3, -0.25) is 4.98 Å². The van der Waals surface area contributed by atoms with E-state index in [0.29, 0.717) is 15.9 Å². The highest BCUT2D eigenvalue weighted by Gasteiger charge is 2.00. The topological polar surface area (TPSA) is 38.7 Å². The molecule has 2 aromatic rings. The van der Waals surface area contributed by atoms with E-state index in [1.807, 2.05) is 0 Å². The molecule has 0 N–H and O–H groups in total. The molecule has 0 amide bonds. The molecular formula is C9H5Cl2N3. The predicted octanol–water partition coefficient (Wildman–Crippen LogP) is 2.85. The summed E-state index contributed by atoms with van der Waals surface area (Å²) in [6.45, 7) is 0. The van der Waals surface area contributed by atoms with Crippen LogP contribution in [0.4, 0.5) is 0 Å². The minimum Gasteiger partial charge on any atom is -0.253 e. The highest BCUT2D eigenvalue weighted by Crippen LogP contribution is 2.16. The molecule has 14 heavy (non-hydrogen) atoms. The lowest BCUT2D eigenvalue weighted by molar-refractivity contribution is 1.03. The number of halogens is 2. The molecule has 0 aliphatic heterocycles. The number of rotatable bonds is 1. The maximum Gasteiger partial charge on any atom is 0.151 e. The molecule has 0 radical (unpaired) electrons. The van der Waals surface area contributed by atoms with E-state index in [4.69, 9.17) is 23.2 Å². The second-order valence-electron chi connectivity index (χ2n) is 2.60. The zero-order valence-corrected chi connectivity index (χ0v) is 8.50. The maximum absolute atomic E-state index is 5.70. The molecule has 0 atom stereocenters. The Bertz CT molecular complexity index is 381. The van der Waals surface area contributed by atoms with Crippen molar-refractivity contribution >= 4 is 23.2 Å². The van der Waals surface area contributed by atoms with Gasteiger partial charge in [0, 0.05) is 6.20 Å². The molecule has 2 aromatic heterocycles. The maximum atomic E-state index is 5.70. The molecular weight excluding hydrogens is 221 g/mol. The summed E-state index contributed by atoms with van der Waals surface area (Å²) in [4.78, 5) is 4.10. The van der Waals surface area contributed by atoms with E-state index in [0.717, 1.165) is 5.69 Å². The highest BCUT2D eigenvalue weighted by molar-refractivity contribution is 6.30. The molecule has 0 spiro atoms. The number of nitrogens with zero attached hydrogens (tertiary/aromatic N) is 3. The summed E-state index contributed by atoms with van der Waals surface area (Å²) >= 11 is 11.3. The van der Waals surface area contributed by atoms with Gasteiger partial charge in [0.2, 0.25) is 0 Å². The van der Waals surface area contributed by atoms with Gasteiger partial charge in [-0.2, -0.15) is 0 Å². The Morgan fingerprint density at radius 1 is 0.857 bits per heavy atom. The van der Waals surface area contributed by atoms with E-state index in [9.17, 15) is 0 Å². The smallest absolute Gasteiger partial charge is 0.151 e. The van der Waals surface area contributed by atoms with Crippen molar-refractivity contribution in [1.82, 2.24) is 15.2 Å². The molecule has 2 heterocycles. The molecule has 0 aliphatic rings. The fourth-order valence-electron chi connectivity index (χ4n) is 0.980. The van der Waals surface area contributed by atoms with Gasteiger partial charge in [-0.05, 0) is 24.3 Å². The van der Waals surface area contributed by atoms with E-state index in [1.54, 1.807) is 30.5 Å². The van der Waals surface area contributed by atoms with Crippen LogP contribution in [0.2, 0.25) is 10.2 Å². The van der Waals surface area contributed by atoms with Crippen molar-refractivity contribution in [2.24, 2.45) is 0 Å². The summed E-state index contributed by atoms with van der Waals surface area (Å²) in [5.41, 5.74) is 1.39. The standard InChI is InChI=1S/C9H5Cl2N3/c10-6-1-2-7(12-5-6)8-3-4-9(11)14-13-8/h1-5H. The van der Waals surface area contributed by atoms with Crippen molar-refractivity contribution in [2.45, 2.75) is 0 Å². The molecule has 0 aliphatic carbocycles. The van der Waals surface area contributed by atoms with Crippen LogP contribution in [0, 0.1) is 0 Å². The summed E-state index contributed by atoms with van der Waals surface area (Å²) < 4.78 is 0. The van der Waals surface area contributed by atoms with Gasteiger partial charge in [0.05, 0.1) is 10.7 Å². The molecule has 70 valence electrons. The summed E-state index contributed by atoms with van der Waals surface area (Å²) in [5, 5.41) is 8.57. The monoisotopic (exact) mass is 225 g/mol. The Kier molecular flexibility index (Phi) is 2.61. The first-order valence-corrected chi connectivity index (χ1v) is 4.62. The van der Waals surface area contributed by atoms with Gasteiger partial charge in [-0.1, -0.05) is 23.2 Å². The van der Waals surface area contributed by atoms with Crippen LogP contribution in [0.3, 0.4) is 0 Å². The van der Waals surface area contributed by atoms with E-state index < -0.39 is 0 Å². The van der Waals surface area contributed by atoms with Gasteiger partial charge in [-0.25, -0.2) is 0 Å². The van der Waals surface area contributed by atoms with Crippen LogP contribution in [-0.2, 0) is 0 Å². The molecule has 0 saturated carbocycles. The first-order valence-electron chi connectivity index (χ1n) is 3.87. The fourth-order valence-corrected chi connectivity index (χ4v) is 1.19. The lowest BCUT2D eigenvalue weighted by atomic mass is 10.2. The summed E-state index contributed by atoms with van der Waals surface area (Å²) in [6, 6.07) is 6.95. The number of hydrogen-bond acceptors (Lipinski definition) is 3. The summed E-state index contributed by atoms with van der Waals surface area (Å²) in [6.07, 6.45) is 1.56. The summed E-state index contributed by atoms with van der Waals surface area (Å²) in [5.74, 6) is 0. The third-order valence-corrected chi connectivity index (χ3v) is 2.05. The Morgan fingerprint density at radius 2 is 1.64 bits per heavy atom. The van der Waals surface area contributed by atoms with E-state index >= 15 is 0 Å². The molecule has 0 bridgehead atoms. The van der Waals surface area contributed by atoms with E-state index in [1.165, 1.54) is 0 Å². The van der Waals surface area contributed by atoms with Crippen LogP contribution in [0.5, 0.6) is 0 Å². The quantitative estimate of drug-likeness (QED) is 0.750. The minimum absolute atomic E-state index is 0.364. The first kappa shape index (κ1) is 9.37. The van der Waals surface area contributed by atoms with Crippen molar-refractivity contribution in [1.29, 1.82) is 0 Å². The number of pyridine rings is 1. The van der Waals surface area contributed by atoms with Gasteiger partial charge in [0.15, 0.2) is 5.15 Å². The molecule has 3 nitrogen and oxygen atoms in total. The third kappa shape index (κ3) is 2.00. The Labute approximate surface area is 90.7 Å². The zero-order valence-electron chi connectivity index (χ0n) is 6.98. The van der Waals surface area contributed by atoms with Crippen LogP contribution >= 0.6 is 23.2 Å². The molecule has 0 fully saturated rings. The predicted molar refractivity (Wildman–Crippen MR) is 55.3 cm³/mol. The van der Waals surface area contributed by atoms with Gasteiger partial charge in [-0.15, -0.1) is 10.2 Å².